The Labute approximate surface area is 158 Å². The van der Waals surface area contributed by atoms with Gasteiger partial charge in [0.25, 0.3) is 0 Å². The number of phenols is 1. The largest absolute Gasteiger partial charge is 0.507 e. The zero-order chi connectivity index (χ0) is 17.9. The molecule has 0 aliphatic rings. The second-order valence-electron chi connectivity index (χ2n) is 6.26. The van der Waals surface area contributed by atoms with E-state index in [0.717, 1.165) is 15.6 Å². The van der Waals surface area contributed by atoms with Gasteiger partial charge < -0.3 is 9.63 Å². The summed E-state index contributed by atoms with van der Waals surface area (Å²) in [5, 5.41) is 9.66. The third kappa shape index (κ3) is 5.08. The van der Waals surface area contributed by atoms with E-state index in [4.69, 9.17) is 4.52 Å². The lowest BCUT2D eigenvalue weighted by molar-refractivity contribution is 0.336. The molecule has 0 bridgehead atoms. The highest BCUT2D eigenvalue weighted by molar-refractivity contribution is 14.1. The maximum Gasteiger partial charge on any atom is 0.204 e. The quantitative estimate of drug-likeness (QED) is 0.450. The Morgan fingerprint density at radius 3 is 2.29 bits per heavy atom. The molecule has 0 amide bonds. The van der Waals surface area contributed by atoms with Crippen LogP contribution in [0.15, 0.2) is 30.3 Å². The summed E-state index contributed by atoms with van der Waals surface area (Å²) in [5.41, 5.74) is 5.91. The van der Waals surface area contributed by atoms with Crippen molar-refractivity contribution >= 4 is 30.0 Å². The van der Waals surface area contributed by atoms with Crippen molar-refractivity contribution in [2.75, 3.05) is 13.3 Å². The van der Waals surface area contributed by atoms with Gasteiger partial charge in [0.1, 0.15) is 5.75 Å². The molecule has 0 saturated carbocycles. The lowest BCUT2D eigenvalue weighted by Gasteiger charge is -2.16. The summed E-state index contributed by atoms with van der Waals surface area (Å²) in [6, 6.07) is 9.94. The second kappa shape index (κ2) is 8.03. The van der Waals surface area contributed by atoms with Crippen LogP contribution in [0.25, 0.3) is 0 Å². The fourth-order valence-corrected chi connectivity index (χ4v) is 5.03. The first-order chi connectivity index (χ1) is 11.2. The molecular formula is C19H24IO3P. The molecule has 130 valence electrons. The Hall–Kier alpha value is -0.840. The smallest absolute Gasteiger partial charge is 0.204 e. The van der Waals surface area contributed by atoms with Gasteiger partial charge in [0.15, 0.2) is 0 Å². The van der Waals surface area contributed by atoms with Crippen LogP contribution >= 0.6 is 30.0 Å². The number of halogens is 1. The molecule has 0 aliphatic carbocycles. The van der Waals surface area contributed by atoms with Crippen molar-refractivity contribution in [2.24, 2.45) is 0 Å². The van der Waals surface area contributed by atoms with Crippen molar-refractivity contribution in [3.8, 4) is 5.75 Å². The summed E-state index contributed by atoms with van der Waals surface area (Å²) >= 11 is 2.14. The zero-order valence-corrected chi connectivity index (χ0v) is 17.6. The van der Waals surface area contributed by atoms with Gasteiger partial charge in [0.2, 0.25) is 7.37 Å². The third-order valence-corrected chi connectivity index (χ3v) is 6.63. The first-order valence-corrected chi connectivity index (χ1v) is 11.3. The fourth-order valence-electron chi connectivity index (χ4n) is 2.97. The topological polar surface area (TPSA) is 46.5 Å². The van der Waals surface area contributed by atoms with E-state index in [1.54, 1.807) is 12.7 Å². The first-order valence-electron chi connectivity index (χ1n) is 7.99. The van der Waals surface area contributed by atoms with Gasteiger partial charge in [-0.15, -0.1) is 0 Å². The molecule has 0 fully saturated rings. The summed E-state index contributed by atoms with van der Waals surface area (Å²) in [5.74, 6) is 0.317. The van der Waals surface area contributed by atoms with Crippen LogP contribution in [-0.4, -0.2) is 18.4 Å². The van der Waals surface area contributed by atoms with E-state index < -0.39 is 7.37 Å². The lowest BCUT2D eigenvalue weighted by Crippen LogP contribution is -2.00. The van der Waals surface area contributed by atoms with E-state index in [1.807, 2.05) is 19.1 Å². The molecule has 5 heteroatoms. The average molecular weight is 458 g/mol. The number of hydrogen-bond acceptors (Lipinski definition) is 3. The number of benzene rings is 2. The van der Waals surface area contributed by atoms with Crippen LogP contribution < -0.4 is 0 Å². The van der Waals surface area contributed by atoms with Gasteiger partial charge in [-0.3, -0.25) is 4.57 Å². The predicted molar refractivity (Wildman–Crippen MR) is 108 cm³/mol. The van der Waals surface area contributed by atoms with Gasteiger partial charge in [-0.05, 0) is 89.7 Å². The molecule has 1 unspecified atom stereocenters. The van der Waals surface area contributed by atoms with Crippen LogP contribution in [0.4, 0.5) is 0 Å². The van der Waals surface area contributed by atoms with Crippen LogP contribution in [-0.2, 0) is 21.7 Å². The van der Waals surface area contributed by atoms with Gasteiger partial charge in [0, 0.05) is 12.8 Å². The minimum absolute atomic E-state index is 0.317. The highest BCUT2D eigenvalue weighted by Gasteiger charge is 2.17. The van der Waals surface area contributed by atoms with Crippen LogP contribution in [0.1, 0.15) is 34.7 Å². The Bertz CT molecular complexity index is 763. The second-order valence-corrected chi connectivity index (χ2v) is 10.0. The molecule has 0 saturated heterocycles. The monoisotopic (exact) mass is 458 g/mol. The highest BCUT2D eigenvalue weighted by Crippen LogP contribution is 2.46. The Morgan fingerprint density at radius 1 is 1.12 bits per heavy atom. The summed E-state index contributed by atoms with van der Waals surface area (Å²) in [4.78, 5) is 0. The summed E-state index contributed by atoms with van der Waals surface area (Å²) in [6.07, 6.45) is 1.30. The molecule has 1 N–H and O–H groups in total. The number of aryl methyl sites for hydroxylation is 2. The van der Waals surface area contributed by atoms with Gasteiger partial charge in [-0.25, -0.2) is 0 Å². The van der Waals surface area contributed by atoms with Crippen LogP contribution in [0.5, 0.6) is 5.75 Å². The summed E-state index contributed by atoms with van der Waals surface area (Å²) < 4.78 is 18.7. The van der Waals surface area contributed by atoms with E-state index >= 15 is 0 Å². The summed E-state index contributed by atoms with van der Waals surface area (Å²) in [7, 11) is -2.58. The maximum atomic E-state index is 12.4. The molecule has 1 atom stereocenters. The number of phenolic OH excluding ortho intramolecular Hbond substituents is 1. The van der Waals surface area contributed by atoms with E-state index in [1.165, 1.54) is 22.3 Å². The molecule has 0 radical (unpaired) electrons. The fraction of sp³-hybridized carbons (Fsp3) is 0.368. The van der Waals surface area contributed by atoms with E-state index in [0.29, 0.717) is 18.5 Å². The predicted octanol–water partition coefficient (Wildman–Crippen LogP) is 5.65. The molecule has 2 rings (SSSR count). The standard InChI is InChI=1S/C19H24IO3P/c1-5-23-24(4,22)12-16-8-13(2)17(14(3)9-16)10-15-6-7-19(21)18(20)11-15/h6-9,11,21H,5,10,12H2,1-4H3. The SMILES string of the molecule is CCOP(C)(=O)Cc1cc(C)c(Cc2ccc(O)c(I)c2)c(C)c1. The number of aromatic hydroxyl groups is 1. The van der Waals surface area contributed by atoms with Gasteiger partial charge in [-0.2, -0.15) is 0 Å². The molecule has 0 aliphatic heterocycles. The molecule has 24 heavy (non-hydrogen) atoms. The van der Waals surface area contributed by atoms with Gasteiger partial charge in [-0.1, -0.05) is 18.2 Å². The third-order valence-electron chi connectivity index (χ3n) is 4.02. The Balaban J connectivity index is 2.26. The minimum Gasteiger partial charge on any atom is -0.507 e. The molecule has 2 aromatic carbocycles. The van der Waals surface area contributed by atoms with Gasteiger partial charge in [0.05, 0.1) is 10.2 Å². The first kappa shape index (κ1) is 19.5. The van der Waals surface area contributed by atoms with Gasteiger partial charge >= 0.3 is 0 Å². The Morgan fingerprint density at radius 2 is 1.75 bits per heavy atom. The number of rotatable bonds is 6. The van der Waals surface area contributed by atoms with Crippen molar-refractivity contribution < 1.29 is 14.2 Å². The zero-order valence-electron chi connectivity index (χ0n) is 14.6. The summed E-state index contributed by atoms with van der Waals surface area (Å²) in [6.45, 7) is 8.24. The molecular weight excluding hydrogens is 434 g/mol. The maximum absolute atomic E-state index is 12.4. The van der Waals surface area contributed by atoms with Crippen LogP contribution in [0.2, 0.25) is 0 Å². The van der Waals surface area contributed by atoms with Crippen LogP contribution in [0, 0.1) is 17.4 Å². The molecule has 0 spiro atoms. The van der Waals surface area contributed by atoms with Crippen molar-refractivity contribution in [1.29, 1.82) is 0 Å². The highest BCUT2D eigenvalue weighted by atomic mass is 127. The van der Waals surface area contributed by atoms with E-state index in [-0.39, 0.29) is 0 Å². The average Bonchev–Trinajstić information content (AvgIpc) is 2.46. The van der Waals surface area contributed by atoms with Crippen molar-refractivity contribution in [3.05, 3.63) is 61.7 Å². The van der Waals surface area contributed by atoms with E-state index in [9.17, 15) is 9.67 Å². The normalized spacial score (nSPS) is 13.7. The lowest BCUT2D eigenvalue weighted by atomic mass is 9.94. The Kier molecular flexibility index (Phi) is 6.52. The van der Waals surface area contributed by atoms with Crippen LogP contribution in [0.3, 0.4) is 0 Å². The van der Waals surface area contributed by atoms with E-state index in [2.05, 4.69) is 48.6 Å². The van der Waals surface area contributed by atoms with Crippen molar-refractivity contribution in [3.63, 3.8) is 0 Å². The molecule has 3 nitrogen and oxygen atoms in total. The molecule has 0 aromatic heterocycles. The van der Waals surface area contributed by atoms with Crippen molar-refractivity contribution in [2.45, 2.75) is 33.4 Å². The number of hydrogen-bond donors (Lipinski definition) is 1. The molecule has 0 heterocycles. The molecule has 2 aromatic rings. The van der Waals surface area contributed by atoms with Crippen molar-refractivity contribution in [1.82, 2.24) is 0 Å². The minimum atomic E-state index is -2.58.